The summed E-state index contributed by atoms with van der Waals surface area (Å²) in [5.41, 5.74) is 2.56. The predicted molar refractivity (Wildman–Crippen MR) is 105 cm³/mol. The van der Waals surface area contributed by atoms with Crippen molar-refractivity contribution in [2.24, 2.45) is 7.05 Å². The van der Waals surface area contributed by atoms with Gasteiger partial charge in [0.25, 0.3) is 0 Å². The molecule has 3 rings (SSSR count). The minimum atomic E-state index is -0.926. The highest BCUT2D eigenvalue weighted by atomic mass is 16.6. The zero-order valence-electron chi connectivity index (χ0n) is 16.3. The van der Waals surface area contributed by atoms with Crippen LogP contribution in [-0.2, 0) is 11.8 Å². The number of carboxylic acid groups (broad SMARTS) is 1. The van der Waals surface area contributed by atoms with Crippen molar-refractivity contribution in [1.82, 2.24) is 9.47 Å². The molecule has 1 N–H and O–H groups in total. The quantitative estimate of drug-likeness (QED) is 0.856. The largest absolute Gasteiger partial charge is 0.478 e. The van der Waals surface area contributed by atoms with E-state index in [1.165, 1.54) is 0 Å². The first-order valence-corrected chi connectivity index (χ1v) is 9.15. The standard InChI is InChI=1S/C21H26N2O4/c1-21(2,3)27-20(26)23-11-9-14(10-12-23)13-17-18(19(24)25)15-7-5-6-8-16(15)22(17)4/h5-8,13H,9-12H2,1-4H3,(H,24,25). The van der Waals surface area contributed by atoms with Crippen LogP contribution in [0, 0.1) is 0 Å². The average molecular weight is 370 g/mol. The van der Waals surface area contributed by atoms with Crippen LogP contribution < -0.4 is 0 Å². The number of benzene rings is 1. The lowest BCUT2D eigenvalue weighted by atomic mass is 10.0. The van der Waals surface area contributed by atoms with E-state index in [4.69, 9.17) is 4.74 Å². The lowest BCUT2D eigenvalue weighted by Crippen LogP contribution is -2.40. The van der Waals surface area contributed by atoms with Crippen LogP contribution in [-0.4, -0.2) is 45.3 Å². The maximum Gasteiger partial charge on any atom is 0.410 e. The number of hydrogen-bond acceptors (Lipinski definition) is 3. The first-order valence-electron chi connectivity index (χ1n) is 9.15. The van der Waals surface area contributed by atoms with Gasteiger partial charge in [-0.05, 0) is 45.8 Å². The van der Waals surface area contributed by atoms with Crippen LogP contribution in [0.15, 0.2) is 29.8 Å². The van der Waals surface area contributed by atoms with Crippen molar-refractivity contribution in [3.05, 3.63) is 41.1 Å². The zero-order valence-corrected chi connectivity index (χ0v) is 16.3. The van der Waals surface area contributed by atoms with Gasteiger partial charge in [0.05, 0.1) is 11.3 Å². The van der Waals surface area contributed by atoms with Gasteiger partial charge >= 0.3 is 12.1 Å². The van der Waals surface area contributed by atoms with Crippen molar-refractivity contribution < 1.29 is 19.4 Å². The molecule has 2 aromatic rings. The Hall–Kier alpha value is -2.76. The first-order chi connectivity index (χ1) is 12.7. The molecule has 1 aromatic heterocycles. The number of nitrogens with zero attached hydrogens (tertiary/aromatic N) is 2. The van der Waals surface area contributed by atoms with Crippen molar-refractivity contribution in [2.75, 3.05) is 13.1 Å². The minimum absolute atomic E-state index is 0.294. The number of ether oxygens (including phenoxy) is 1. The number of aromatic carboxylic acids is 1. The van der Waals surface area contributed by atoms with E-state index in [9.17, 15) is 14.7 Å². The van der Waals surface area contributed by atoms with Crippen molar-refractivity contribution >= 4 is 29.0 Å². The third-order valence-corrected chi connectivity index (χ3v) is 4.76. The fourth-order valence-electron chi connectivity index (χ4n) is 3.45. The number of hydrogen-bond donors (Lipinski definition) is 1. The van der Waals surface area contributed by atoms with Crippen LogP contribution in [0.4, 0.5) is 4.79 Å². The number of para-hydroxylation sites is 1. The Morgan fingerprint density at radius 1 is 1.15 bits per heavy atom. The molecule has 6 nitrogen and oxygen atoms in total. The summed E-state index contributed by atoms with van der Waals surface area (Å²) in [6.07, 6.45) is 3.09. The molecule has 1 fully saturated rings. The molecule has 6 heteroatoms. The monoisotopic (exact) mass is 370 g/mol. The molecule has 27 heavy (non-hydrogen) atoms. The minimum Gasteiger partial charge on any atom is -0.478 e. The predicted octanol–water partition coefficient (Wildman–Crippen LogP) is 4.29. The number of carbonyl (C=O) groups excluding carboxylic acids is 1. The van der Waals surface area contributed by atoms with Crippen molar-refractivity contribution in [3.63, 3.8) is 0 Å². The lowest BCUT2D eigenvalue weighted by molar-refractivity contribution is 0.0236. The molecular weight excluding hydrogens is 344 g/mol. The van der Waals surface area contributed by atoms with E-state index in [-0.39, 0.29) is 6.09 Å². The first kappa shape index (κ1) is 19.0. The van der Waals surface area contributed by atoms with E-state index in [1.54, 1.807) is 4.90 Å². The van der Waals surface area contributed by atoms with Gasteiger partial charge < -0.3 is 19.3 Å². The normalized spacial score (nSPS) is 15.1. The van der Waals surface area contributed by atoms with Gasteiger partial charge in [-0.3, -0.25) is 0 Å². The molecule has 0 atom stereocenters. The van der Waals surface area contributed by atoms with Gasteiger partial charge in [-0.25, -0.2) is 9.59 Å². The number of fused-ring (bicyclic) bond motifs is 1. The molecule has 0 radical (unpaired) electrons. The summed E-state index contributed by atoms with van der Waals surface area (Å²) in [5, 5.41) is 10.5. The van der Waals surface area contributed by atoms with E-state index in [2.05, 4.69) is 0 Å². The fraction of sp³-hybridized carbons (Fsp3) is 0.429. The Morgan fingerprint density at radius 2 is 1.78 bits per heavy atom. The van der Waals surface area contributed by atoms with E-state index in [0.717, 1.165) is 16.5 Å². The Labute approximate surface area is 159 Å². The van der Waals surface area contributed by atoms with E-state index < -0.39 is 11.6 Å². The number of amides is 1. The Bertz CT molecular complexity index is 908. The number of carbonyl (C=O) groups is 2. The second-order valence-electron chi connectivity index (χ2n) is 7.91. The molecule has 1 aliphatic heterocycles. The molecule has 0 bridgehead atoms. The van der Waals surface area contributed by atoms with Gasteiger partial charge in [-0.1, -0.05) is 23.8 Å². The molecule has 1 aromatic carbocycles. The highest BCUT2D eigenvalue weighted by Crippen LogP contribution is 2.29. The molecule has 144 valence electrons. The molecule has 0 saturated carbocycles. The maximum atomic E-state index is 12.2. The Kier molecular flexibility index (Phi) is 5.00. The molecular formula is C21H26N2O4. The number of likely N-dealkylation sites (tertiary alicyclic amines) is 1. The average Bonchev–Trinajstić information content (AvgIpc) is 2.87. The molecule has 1 aliphatic rings. The third-order valence-electron chi connectivity index (χ3n) is 4.76. The Balaban J connectivity index is 1.83. The lowest BCUT2D eigenvalue weighted by Gasteiger charge is -2.31. The third kappa shape index (κ3) is 3.99. The Morgan fingerprint density at radius 3 is 2.37 bits per heavy atom. The fourth-order valence-corrected chi connectivity index (χ4v) is 3.45. The summed E-state index contributed by atoms with van der Waals surface area (Å²) in [6, 6.07) is 7.52. The van der Waals surface area contributed by atoms with E-state index in [1.807, 2.05) is 62.7 Å². The molecule has 1 amide bonds. The molecule has 0 aliphatic carbocycles. The smallest absolute Gasteiger partial charge is 0.410 e. The number of aromatic nitrogens is 1. The number of piperidine rings is 1. The van der Waals surface area contributed by atoms with Crippen LogP contribution in [0.5, 0.6) is 0 Å². The van der Waals surface area contributed by atoms with Gasteiger partial charge in [0.2, 0.25) is 0 Å². The summed E-state index contributed by atoms with van der Waals surface area (Å²) >= 11 is 0. The van der Waals surface area contributed by atoms with Gasteiger partial charge in [0, 0.05) is 31.0 Å². The second kappa shape index (κ2) is 7.10. The van der Waals surface area contributed by atoms with E-state index >= 15 is 0 Å². The van der Waals surface area contributed by atoms with Gasteiger partial charge in [0.1, 0.15) is 5.60 Å². The zero-order chi connectivity index (χ0) is 19.8. The van der Waals surface area contributed by atoms with Gasteiger partial charge in [0.15, 0.2) is 0 Å². The van der Waals surface area contributed by atoms with Crippen LogP contribution in [0.1, 0.15) is 49.7 Å². The SMILES string of the molecule is Cn1c(C=C2CCN(C(=O)OC(C)(C)C)CC2)c(C(=O)O)c2ccccc21. The summed E-state index contributed by atoms with van der Waals surface area (Å²) < 4.78 is 7.35. The summed E-state index contributed by atoms with van der Waals surface area (Å²) in [6.45, 7) is 6.72. The summed E-state index contributed by atoms with van der Waals surface area (Å²) in [5.74, 6) is -0.926. The molecule has 0 spiro atoms. The van der Waals surface area contributed by atoms with Crippen molar-refractivity contribution in [1.29, 1.82) is 0 Å². The number of rotatable bonds is 2. The topological polar surface area (TPSA) is 71.8 Å². The highest BCUT2D eigenvalue weighted by Gasteiger charge is 2.25. The second-order valence-corrected chi connectivity index (χ2v) is 7.91. The highest BCUT2D eigenvalue weighted by molar-refractivity contribution is 6.07. The van der Waals surface area contributed by atoms with Crippen LogP contribution >= 0.6 is 0 Å². The van der Waals surface area contributed by atoms with Crippen molar-refractivity contribution in [3.8, 4) is 0 Å². The maximum absolute atomic E-state index is 12.2. The summed E-state index contributed by atoms with van der Waals surface area (Å²) in [7, 11) is 1.89. The van der Waals surface area contributed by atoms with Crippen LogP contribution in [0.2, 0.25) is 0 Å². The number of aryl methyl sites for hydroxylation is 1. The summed E-state index contributed by atoms with van der Waals surface area (Å²) in [4.78, 5) is 25.8. The van der Waals surface area contributed by atoms with Gasteiger partial charge in [-0.15, -0.1) is 0 Å². The van der Waals surface area contributed by atoms with Crippen LogP contribution in [0.3, 0.4) is 0 Å². The molecule has 1 saturated heterocycles. The van der Waals surface area contributed by atoms with Crippen LogP contribution in [0.25, 0.3) is 17.0 Å². The molecule has 2 heterocycles. The van der Waals surface area contributed by atoms with Crippen molar-refractivity contribution in [2.45, 2.75) is 39.2 Å². The molecule has 0 unspecified atom stereocenters. The van der Waals surface area contributed by atoms with Gasteiger partial charge in [-0.2, -0.15) is 0 Å². The van der Waals surface area contributed by atoms with E-state index in [0.29, 0.717) is 37.2 Å². The number of carboxylic acids is 1.